The lowest BCUT2D eigenvalue weighted by atomic mass is 10.0. The Morgan fingerprint density at radius 3 is 3.29 bits per heavy atom. The van der Waals surface area contributed by atoms with E-state index in [-0.39, 0.29) is 23.1 Å². The number of carbonyl (C=O) groups is 1. The van der Waals surface area contributed by atoms with Gasteiger partial charge >= 0.3 is 11.7 Å². The van der Waals surface area contributed by atoms with Crippen LogP contribution in [0.25, 0.3) is 0 Å². The van der Waals surface area contributed by atoms with Crippen molar-refractivity contribution in [2.24, 2.45) is 5.92 Å². The highest BCUT2D eigenvalue weighted by atomic mass is 16.9. The fourth-order valence-corrected chi connectivity index (χ4v) is 1.65. The summed E-state index contributed by atoms with van der Waals surface area (Å²) in [6.45, 7) is 2.44. The van der Waals surface area contributed by atoms with Crippen molar-refractivity contribution in [3.05, 3.63) is 5.21 Å². The predicted molar refractivity (Wildman–Crippen MR) is 44.2 cm³/mol. The first kappa shape index (κ1) is 9.26. The van der Waals surface area contributed by atoms with E-state index in [1.165, 1.54) is 0 Å². The van der Waals surface area contributed by atoms with Gasteiger partial charge in [-0.1, -0.05) is 0 Å². The van der Waals surface area contributed by atoms with Crippen LogP contribution in [0.2, 0.25) is 0 Å². The Morgan fingerprint density at radius 2 is 2.57 bits per heavy atom. The van der Waals surface area contributed by atoms with E-state index in [0.29, 0.717) is 13.0 Å². The molecule has 2 aliphatic heterocycles. The number of fused-ring (bicyclic) bond motifs is 1. The summed E-state index contributed by atoms with van der Waals surface area (Å²) < 4.78 is 9.86. The van der Waals surface area contributed by atoms with Gasteiger partial charge in [-0.25, -0.2) is 4.79 Å². The molecule has 0 spiro atoms. The molecule has 2 atom stereocenters. The smallest absolute Gasteiger partial charge is 0.405 e. The topological polar surface area (TPSA) is 70.8 Å². The zero-order valence-electron chi connectivity index (χ0n) is 7.76. The number of esters is 1. The highest BCUT2D eigenvalue weighted by Gasteiger charge is 2.48. The van der Waals surface area contributed by atoms with Crippen molar-refractivity contribution in [2.75, 3.05) is 13.2 Å². The monoisotopic (exact) mass is 201 g/mol. The molecule has 0 aromatic carbocycles. The highest BCUT2D eigenvalue weighted by Crippen LogP contribution is 2.28. The van der Waals surface area contributed by atoms with Crippen LogP contribution in [0.1, 0.15) is 13.3 Å². The number of hydrogen-bond acceptors (Lipinski definition) is 5. The first-order valence-electron chi connectivity index (χ1n) is 4.53. The van der Waals surface area contributed by atoms with Gasteiger partial charge in [-0.05, 0) is 13.3 Å². The van der Waals surface area contributed by atoms with E-state index < -0.39 is 12.3 Å². The maximum absolute atomic E-state index is 11.4. The molecule has 0 saturated carbocycles. The van der Waals surface area contributed by atoms with Gasteiger partial charge in [0.25, 0.3) is 0 Å². The summed E-state index contributed by atoms with van der Waals surface area (Å²) in [5.41, 5.74) is 0.0225. The Balaban J connectivity index is 2.15. The van der Waals surface area contributed by atoms with Crippen LogP contribution < -0.4 is 0 Å². The van der Waals surface area contributed by atoms with Gasteiger partial charge in [-0.2, -0.15) is 0 Å². The lowest BCUT2D eigenvalue weighted by Gasteiger charge is -2.06. The third-order valence-electron chi connectivity index (χ3n) is 2.27. The van der Waals surface area contributed by atoms with Crippen LogP contribution in [0.15, 0.2) is 0 Å². The van der Waals surface area contributed by atoms with Crippen molar-refractivity contribution < 1.29 is 24.0 Å². The molecule has 14 heavy (non-hydrogen) atoms. The van der Waals surface area contributed by atoms with E-state index in [4.69, 9.17) is 14.3 Å². The summed E-state index contributed by atoms with van der Waals surface area (Å²) in [5.74, 6) is -0.882. The zero-order valence-corrected chi connectivity index (χ0v) is 7.76. The maximum atomic E-state index is 11.4. The summed E-state index contributed by atoms with van der Waals surface area (Å²) in [6.07, 6.45) is 0.0179. The van der Waals surface area contributed by atoms with Crippen molar-refractivity contribution >= 4 is 11.7 Å². The third kappa shape index (κ3) is 1.31. The Hall–Kier alpha value is -1.30. The predicted octanol–water partition coefficient (Wildman–Crippen LogP) is -0.191. The van der Waals surface area contributed by atoms with Crippen LogP contribution in [-0.2, 0) is 19.1 Å². The second-order valence-electron chi connectivity index (χ2n) is 3.10. The normalized spacial score (nSPS) is 30.1. The first-order chi connectivity index (χ1) is 6.74. The van der Waals surface area contributed by atoms with Crippen molar-refractivity contribution in [1.29, 1.82) is 0 Å². The standard InChI is InChI=1S/C8H11NO5/c1-2-12-7(10)6-5-3-4-13-8(5)14-9(6)11/h5,8H,2-4H2,1H3. The molecule has 0 aromatic heterocycles. The molecule has 0 bridgehead atoms. The van der Waals surface area contributed by atoms with E-state index in [9.17, 15) is 10.0 Å². The Labute approximate surface area is 80.6 Å². The molecule has 0 aromatic rings. The third-order valence-corrected chi connectivity index (χ3v) is 2.27. The molecule has 6 heteroatoms. The van der Waals surface area contributed by atoms with Gasteiger partial charge < -0.3 is 14.3 Å². The summed E-state index contributed by atoms with van der Waals surface area (Å²) in [6, 6.07) is 0. The lowest BCUT2D eigenvalue weighted by molar-refractivity contribution is -0.751. The fraction of sp³-hybridized carbons (Fsp3) is 0.750. The van der Waals surface area contributed by atoms with E-state index in [0.717, 1.165) is 0 Å². The SMILES string of the molecule is CCOC(=O)C1=[N+]([O-])OC2OCCC12. The number of ether oxygens (including phenoxy) is 2. The maximum Gasteiger partial charge on any atom is 0.405 e. The Kier molecular flexibility index (Phi) is 2.28. The molecule has 6 nitrogen and oxygen atoms in total. The molecule has 2 heterocycles. The minimum Gasteiger partial charge on any atom is -0.458 e. The van der Waals surface area contributed by atoms with Crippen molar-refractivity contribution in [3.8, 4) is 0 Å². The lowest BCUT2D eigenvalue weighted by Crippen LogP contribution is -2.28. The van der Waals surface area contributed by atoms with Crippen LogP contribution in [0.3, 0.4) is 0 Å². The summed E-state index contributed by atoms with van der Waals surface area (Å²) in [4.78, 5) is 16.4. The van der Waals surface area contributed by atoms with Crippen LogP contribution in [0, 0.1) is 11.1 Å². The zero-order chi connectivity index (χ0) is 10.1. The van der Waals surface area contributed by atoms with Gasteiger partial charge in [0.2, 0.25) is 0 Å². The van der Waals surface area contributed by atoms with Gasteiger partial charge in [0.05, 0.1) is 11.5 Å². The second kappa shape index (κ2) is 3.45. The van der Waals surface area contributed by atoms with Crippen molar-refractivity contribution in [3.63, 3.8) is 0 Å². The van der Waals surface area contributed by atoms with Crippen LogP contribution in [-0.4, -0.2) is 36.1 Å². The number of hydrogen-bond donors (Lipinski definition) is 0. The van der Waals surface area contributed by atoms with Crippen molar-refractivity contribution in [2.45, 2.75) is 19.6 Å². The van der Waals surface area contributed by atoms with Gasteiger partial charge in [0.1, 0.15) is 5.92 Å². The molecular weight excluding hydrogens is 190 g/mol. The largest absolute Gasteiger partial charge is 0.458 e. The molecule has 0 radical (unpaired) electrons. The highest BCUT2D eigenvalue weighted by molar-refractivity contribution is 6.35. The van der Waals surface area contributed by atoms with Gasteiger partial charge in [-0.15, -0.1) is 0 Å². The van der Waals surface area contributed by atoms with E-state index in [1.54, 1.807) is 6.92 Å². The van der Waals surface area contributed by atoms with Crippen LogP contribution in [0.5, 0.6) is 0 Å². The molecule has 0 aliphatic carbocycles. The van der Waals surface area contributed by atoms with E-state index >= 15 is 0 Å². The minimum atomic E-state index is -0.611. The molecule has 1 saturated heterocycles. The summed E-state index contributed by atoms with van der Waals surface area (Å²) in [7, 11) is 0. The summed E-state index contributed by atoms with van der Waals surface area (Å²) >= 11 is 0. The number of nitrogens with zero attached hydrogens (tertiary/aromatic N) is 1. The Morgan fingerprint density at radius 1 is 1.79 bits per heavy atom. The second-order valence-corrected chi connectivity index (χ2v) is 3.10. The molecule has 2 aliphatic rings. The molecule has 0 amide bonds. The Bertz CT molecular complexity index is 287. The van der Waals surface area contributed by atoms with E-state index in [1.807, 2.05) is 0 Å². The molecule has 78 valence electrons. The number of carbonyl (C=O) groups excluding carboxylic acids is 1. The first-order valence-corrected chi connectivity index (χ1v) is 4.53. The van der Waals surface area contributed by atoms with Gasteiger partial charge in [0, 0.05) is 6.61 Å². The molecule has 1 fully saturated rings. The van der Waals surface area contributed by atoms with Crippen LogP contribution in [0.4, 0.5) is 0 Å². The molecule has 2 unspecified atom stereocenters. The fourth-order valence-electron chi connectivity index (χ4n) is 1.65. The van der Waals surface area contributed by atoms with Gasteiger partial charge in [-0.3, -0.25) is 5.21 Å². The molecule has 0 N–H and O–H groups in total. The van der Waals surface area contributed by atoms with Crippen molar-refractivity contribution in [1.82, 2.24) is 0 Å². The number of rotatable bonds is 2. The quantitative estimate of drug-likeness (QED) is 0.457. The average molecular weight is 201 g/mol. The summed E-state index contributed by atoms with van der Waals surface area (Å²) in [5, 5.41) is 11.2. The molecule has 2 rings (SSSR count). The molecular formula is C8H11NO5. The average Bonchev–Trinajstić information content (AvgIpc) is 2.63. The van der Waals surface area contributed by atoms with Gasteiger partial charge in [0.15, 0.2) is 6.29 Å². The van der Waals surface area contributed by atoms with Crippen LogP contribution >= 0.6 is 0 Å². The minimum absolute atomic E-state index is 0.0225. The van der Waals surface area contributed by atoms with E-state index in [2.05, 4.69) is 0 Å².